The van der Waals surface area contributed by atoms with E-state index in [4.69, 9.17) is 9.47 Å². The van der Waals surface area contributed by atoms with Crippen molar-refractivity contribution >= 4 is 29.9 Å². The van der Waals surface area contributed by atoms with Crippen LogP contribution in [0.25, 0.3) is 0 Å². The largest absolute Gasteiger partial charge is 0.379 e. The Morgan fingerprint density at radius 2 is 1.89 bits per heavy atom. The van der Waals surface area contributed by atoms with Gasteiger partial charge >= 0.3 is 0 Å². The van der Waals surface area contributed by atoms with Gasteiger partial charge < -0.3 is 20.1 Å². The molecule has 2 N–H and O–H groups in total. The van der Waals surface area contributed by atoms with Gasteiger partial charge in [0.15, 0.2) is 5.96 Å². The van der Waals surface area contributed by atoms with Crippen LogP contribution in [-0.4, -0.2) is 69.4 Å². The van der Waals surface area contributed by atoms with E-state index < -0.39 is 0 Å². The van der Waals surface area contributed by atoms with Crippen molar-refractivity contribution in [2.75, 3.05) is 53.0 Å². The Kier molecular flexibility index (Phi) is 12.0. The number of ether oxygens (including phenoxy) is 2. The van der Waals surface area contributed by atoms with Gasteiger partial charge in [0.05, 0.1) is 26.4 Å². The zero-order valence-corrected chi connectivity index (χ0v) is 20.1. The minimum atomic E-state index is 0. The average Bonchev–Trinajstić information content (AvgIpc) is 2.69. The van der Waals surface area contributed by atoms with Crippen LogP contribution in [0.3, 0.4) is 0 Å². The van der Waals surface area contributed by atoms with Crippen molar-refractivity contribution in [3.63, 3.8) is 0 Å². The van der Waals surface area contributed by atoms with Gasteiger partial charge in [-0.3, -0.25) is 9.89 Å². The molecule has 0 bridgehead atoms. The maximum absolute atomic E-state index is 5.82. The number of morpholine rings is 1. The quantitative estimate of drug-likeness (QED) is 0.308. The second kappa shape index (κ2) is 13.3. The fraction of sp³-hybridized carbons (Fsp3) is 0.667. The number of nitrogens with zero attached hydrogens (tertiary/aromatic N) is 2. The van der Waals surface area contributed by atoms with Crippen molar-refractivity contribution in [2.24, 2.45) is 10.9 Å². The van der Waals surface area contributed by atoms with E-state index in [1.807, 2.05) is 25.2 Å². The second-order valence-corrected chi connectivity index (χ2v) is 7.82. The Morgan fingerprint density at radius 3 is 2.54 bits per heavy atom. The molecule has 1 atom stereocenters. The van der Waals surface area contributed by atoms with Gasteiger partial charge in [0.1, 0.15) is 0 Å². The van der Waals surface area contributed by atoms with E-state index in [0.717, 1.165) is 52.0 Å². The highest BCUT2D eigenvalue weighted by Crippen LogP contribution is 2.15. The lowest BCUT2D eigenvalue weighted by molar-refractivity contribution is -0.00834. The molecule has 28 heavy (non-hydrogen) atoms. The first-order valence-corrected chi connectivity index (χ1v) is 9.90. The standard InChI is InChI=1S/C21H36N4O2.HI/c1-18(15-27-16-19-8-6-5-7-9-19)14-23-20(22-4)24-17-21(2,3)25-10-12-26-13-11-25;/h5-9,18H,10-17H2,1-4H3,(H2,22,23,24);1H. The summed E-state index contributed by atoms with van der Waals surface area (Å²) in [6.07, 6.45) is 0. The van der Waals surface area contributed by atoms with Crippen molar-refractivity contribution in [3.05, 3.63) is 35.9 Å². The number of hydrogen-bond acceptors (Lipinski definition) is 4. The third-order valence-corrected chi connectivity index (χ3v) is 4.91. The van der Waals surface area contributed by atoms with E-state index in [2.05, 4.69) is 53.4 Å². The lowest BCUT2D eigenvalue weighted by Gasteiger charge is -2.41. The second-order valence-electron chi connectivity index (χ2n) is 7.82. The summed E-state index contributed by atoms with van der Waals surface area (Å²) in [5.74, 6) is 1.24. The summed E-state index contributed by atoms with van der Waals surface area (Å²) >= 11 is 0. The molecule has 1 aromatic carbocycles. The lowest BCUT2D eigenvalue weighted by atomic mass is 10.0. The highest BCUT2D eigenvalue weighted by Gasteiger charge is 2.28. The molecular weight excluding hydrogens is 467 g/mol. The molecule has 1 fully saturated rings. The van der Waals surface area contributed by atoms with Gasteiger partial charge in [0, 0.05) is 38.8 Å². The zero-order valence-electron chi connectivity index (χ0n) is 17.7. The van der Waals surface area contributed by atoms with Crippen LogP contribution in [0.2, 0.25) is 0 Å². The molecule has 1 aromatic rings. The molecule has 0 aromatic heterocycles. The van der Waals surface area contributed by atoms with Crippen molar-refractivity contribution in [1.29, 1.82) is 0 Å². The summed E-state index contributed by atoms with van der Waals surface area (Å²) in [4.78, 5) is 6.82. The first-order valence-electron chi connectivity index (χ1n) is 9.90. The Balaban J connectivity index is 0.00000392. The molecule has 1 heterocycles. The number of guanidine groups is 1. The molecule has 0 radical (unpaired) electrons. The van der Waals surface area contributed by atoms with E-state index in [-0.39, 0.29) is 29.5 Å². The summed E-state index contributed by atoms with van der Waals surface area (Å²) in [5.41, 5.74) is 1.27. The minimum Gasteiger partial charge on any atom is -0.379 e. The lowest BCUT2D eigenvalue weighted by Crippen LogP contribution is -2.56. The number of halogens is 1. The van der Waals surface area contributed by atoms with Crippen LogP contribution in [0.1, 0.15) is 26.3 Å². The molecule has 0 spiro atoms. The van der Waals surface area contributed by atoms with Crippen molar-refractivity contribution < 1.29 is 9.47 Å². The topological polar surface area (TPSA) is 58.1 Å². The zero-order chi connectivity index (χ0) is 19.5. The van der Waals surface area contributed by atoms with Crippen molar-refractivity contribution in [2.45, 2.75) is 32.9 Å². The van der Waals surface area contributed by atoms with Crippen molar-refractivity contribution in [3.8, 4) is 0 Å². The van der Waals surface area contributed by atoms with Crippen LogP contribution < -0.4 is 10.6 Å². The van der Waals surface area contributed by atoms with Crippen LogP contribution in [0.5, 0.6) is 0 Å². The van der Waals surface area contributed by atoms with Crippen LogP contribution >= 0.6 is 24.0 Å². The molecule has 0 saturated carbocycles. The van der Waals surface area contributed by atoms with Gasteiger partial charge in [-0.15, -0.1) is 24.0 Å². The van der Waals surface area contributed by atoms with E-state index in [1.165, 1.54) is 5.56 Å². The van der Waals surface area contributed by atoms with Gasteiger partial charge in [-0.2, -0.15) is 0 Å². The third-order valence-electron chi connectivity index (χ3n) is 4.91. The first-order chi connectivity index (χ1) is 13.0. The van der Waals surface area contributed by atoms with E-state index in [1.54, 1.807) is 0 Å². The molecule has 2 rings (SSSR count). The van der Waals surface area contributed by atoms with Gasteiger partial charge in [0.2, 0.25) is 0 Å². The van der Waals surface area contributed by atoms with Gasteiger partial charge in [-0.1, -0.05) is 37.3 Å². The number of rotatable bonds is 9. The summed E-state index contributed by atoms with van der Waals surface area (Å²) < 4.78 is 11.3. The molecule has 7 heteroatoms. The molecule has 160 valence electrons. The van der Waals surface area contributed by atoms with Gasteiger partial charge in [-0.05, 0) is 25.3 Å². The number of nitrogens with one attached hydrogen (secondary N) is 2. The number of benzene rings is 1. The predicted octanol–water partition coefficient (Wildman–Crippen LogP) is 2.73. The van der Waals surface area contributed by atoms with E-state index in [0.29, 0.717) is 12.5 Å². The molecule has 0 amide bonds. The molecule has 1 saturated heterocycles. The molecule has 6 nitrogen and oxygen atoms in total. The van der Waals surface area contributed by atoms with E-state index >= 15 is 0 Å². The molecule has 1 aliphatic heterocycles. The highest BCUT2D eigenvalue weighted by atomic mass is 127. The van der Waals surface area contributed by atoms with Crippen LogP contribution in [0.15, 0.2) is 35.3 Å². The summed E-state index contributed by atoms with van der Waals surface area (Å²) in [6.45, 7) is 13.4. The van der Waals surface area contributed by atoms with Crippen molar-refractivity contribution in [1.82, 2.24) is 15.5 Å². The molecular formula is C21H37IN4O2. The fourth-order valence-electron chi connectivity index (χ4n) is 3.08. The first kappa shape index (κ1) is 25.1. The van der Waals surface area contributed by atoms with Gasteiger partial charge in [0.25, 0.3) is 0 Å². The predicted molar refractivity (Wildman–Crippen MR) is 127 cm³/mol. The van der Waals surface area contributed by atoms with Crippen LogP contribution in [0, 0.1) is 5.92 Å². The smallest absolute Gasteiger partial charge is 0.191 e. The van der Waals surface area contributed by atoms with Crippen LogP contribution in [0.4, 0.5) is 0 Å². The molecule has 0 aliphatic carbocycles. The normalized spacial score (nSPS) is 16.9. The Morgan fingerprint density at radius 1 is 1.21 bits per heavy atom. The Bertz CT molecular complexity index is 563. The molecule has 1 aliphatic rings. The average molecular weight is 504 g/mol. The maximum Gasteiger partial charge on any atom is 0.191 e. The maximum atomic E-state index is 5.82. The Labute approximate surface area is 187 Å². The third kappa shape index (κ3) is 9.07. The van der Waals surface area contributed by atoms with Gasteiger partial charge in [-0.25, -0.2) is 0 Å². The fourth-order valence-corrected chi connectivity index (χ4v) is 3.08. The monoisotopic (exact) mass is 504 g/mol. The summed E-state index contributed by atoms with van der Waals surface area (Å²) in [5, 5.41) is 6.87. The number of hydrogen-bond donors (Lipinski definition) is 2. The number of aliphatic imine (C=N–C) groups is 1. The minimum absolute atomic E-state index is 0. The summed E-state index contributed by atoms with van der Waals surface area (Å²) in [6, 6.07) is 10.3. The Hall–Kier alpha value is -0.900. The molecule has 1 unspecified atom stereocenters. The summed E-state index contributed by atoms with van der Waals surface area (Å²) in [7, 11) is 1.81. The van der Waals surface area contributed by atoms with E-state index in [9.17, 15) is 0 Å². The highest BCUT2D eigenvalue weighted by molar-refractivity contribution is 14.0. The SMILES string of the molecule is CN=C(NCC(C)COCc1ccccc1)NCC(C)(C)N1CCOCC1.I. The van der Waals surface area contributed by atoms with Crippen LogP contribution in [-0.2, 0) is 16.1 Å².